The van der Waals surface area contributed by atoms with E-state index in [1.165, 1.54) is 6.07 Å². The molecule has 0 aromatic heterocycles. The summed E-state index contributed by atoms with van der Waals surface area (Å²) in [5, 5.41) is 46.5. The Balaban J connectivity index is 1.56. The van der Waals surface area contributed by atoms with Gasteiger partial charge in [0.05, 0.1) is 5.56 Å². The molecule has 3 atom stereocenters. The zero-order chi connectivity index (χ0) is 29.8. The highest BCUT2D eigenvalue weighted by Gasteiger charge is 2.59. The molecule has 0 fully saturated rings. The quantitative estimate of drug-likeness (QED) is 0.284. The molecule has 2 aromatic carbocycles. The molecule has 3 aliphatic carbocycles. The molecule has 11 nitrogen and oxygen atoms in total. The van der Waals surface area contributed by atoms with Crippen molar-refractivity contribution in [3.63, 3.8) is 0 Å². The van der Waals surface area contributed by atoms with Crippen molar-refractivity contribution in [1.82, 2.24) is 10.2 Å². The van der Waals surface area contributed by atoms with E-state index in [-0.39, 0.29) is 42.1 Å². The van der Waals surface area contributed by atoms with E-state index in [1.54, 1.807) is 30.3 Å². The number of allylic oxidation sites excluding steroid dienone is 2. The number of fused-ring (bicyclic) bond motifs is 3. The zero-order valence-electron chi connectivity index (χ0n) is 22.6. The number of likely N-dealkylation sites (N-methyl/N-ethyl adjacent to an activating group) is 1. The van der Waals surface area contributed by atoms with Gasteiger partial charge in [0, 0.05) is 36.6 Å². The molecule has 3 aliphatic rings. The maximum atomic E-state index is 13.8. The number of carbonyl (C=O) groups excluding carboxylic acids is 4. The maximum Gasteiger partial charge on any atom is 0.255 e. The normalized spacial score (nSPS) is 23.7. The Bertz CT molecular complexity index is 1570. The lowest BCUT2D eigenvalue weighted by molar-refractivity contribution is -0.144. The number of phenols is 1. The number of benzene rings is 2. The third-order valence-corrected chi connectivity index (χ3v) is 8.23. The third-order valence-electron chi connectivity index (χ3n) is 8.23. The first-order valence-electron chi connectivity index (χ1n) is 13.2. The molecule has 0 heterocycles. The highest BCUT2D eigenvalue weighted by molar-refractivity contribution is 6.24. The van der Waals surface area contributed by atoms with Crippen LogP contribution < -0.4 is 11.1 Å². The molecule has 2 aromatic rings. The van der Waals surface area contributed by atoms with Crippen molar-refractivity contribution in [3.8, 4) is 16.9 Å². The Kier molecular flexibility index (Phi) is 6.96. The lowest BCUT2D eigenvalue weighted by Crippen LogP contribution is -2.57. The van der Waals surface area contributed by atoms with Crippen molar-refractivity contribution in [1.29, 1.82) is 0 Å². The van der Waals surface area contributed by atoms with Gasteiger partial charge in [-0.15, -0.1) is 0 Å². The van der Waals surface area contributed by atoms with Crippen LogP contribution in [0, 0.1) is 11.8 Å². The average molecular weight is 562 g/mol. The summed E-state index contributed by atoms with van der Waals surface area (Å²) in [5.74, 6) is -7.03. The van der Waals surface area contributed by atoms with E-state index in [4.69, 9.17) is 5.73 Å². The van der Waals surface area contributed by atoms with E-state index >= 15 is 0 Å². The van der Waals surface area contributed by atoms with Gasteiger partial charge in [-0.05, 0) is 67.7 Å². The molecule has 214 valence electrons. The molecule has 5 rings (SSSR count). The number of amides is 2. The van der Waals surface area contributed by atoms with Gasteiger partial charge >= 0.3 is 0 Å². The number of aliphatic hydroxyl groups excluding tert-OH is 2. The van der Waals surface area contributed by atoms with Gasteiger partial charge in [0.1, 0.15) is 22.8 Å². The fourth-order valence-corrected chi connectivity index (χ4v) is 6.21. The second-order valence-corrected chi connectivity index (χ2v) is 11.0. The van der Waals surface area contributed by atoms with Crippen LogP contribution in [0.4, 0.5) is 0 Å². The fourth-order valence-electron chi connectivity index (χ4n) is 6.21. The molecule has 2 amide bonds. The van der Waals surface area contributed by atoms with Crippen molar-refractivity contribution in [2.45, 2.75) is 24.9 Å². The number of nitrogens with zero attached hydrogens (tertiary/aromatic N) is 1. The Morgan fingerprint density at radius 2 is 1.83 bits per heavy atom. The predicted octanol–water partition coefficient (Wildman–Crippen LogP) is 1.54. The average Bonchev–Trinajstić information content (AvgIpc) is 2.90. The lowest BCUT2D eigenvalue weighted by Gasteiger charge is -2.45. The highest BCUT2D eigenvalue weighted by Crippen LogP contribution is 2.52. The number of primary amides is 1. The molecular weight excluding hydrogens is 530 g/mol. The lowest BCUT2D eigenvalue weighted by atomic mass is 9.60. The molecular formula is C30H31N3O8. The summed E-state index contributed by atoms with van der Waals surface area (Å²) < 4.78 is 0. The predicted molar refractivity (Wildman–Crippen MR) is 147 cm³/mol. The van der Waals surface area contributed by atoms with Gasteiger partial charge in [0.15, 0.2) is 11.4 Å². The van der Waals surface area contributed by atoms with E-state index in [2.05, 4.69) is 5.32 Å². The summed E-state index contributed by atoms with van der Waals surface area (Å²) in [5.41, 5.74) is 3.65. The van der Waals surface area contributed by atoms with Gasteiger partial charge in [-0.25, -0.2) is 0 Å². The van der Waals surface area contributed by atoms with Gasteiger partial charge in [-0.3, -0.25) is 19.2 Å². The van der Waals surface area contributed by atoms with Crippen LogP contribution in [-0.2, 0) is 16.0 Å². The van der Waals surface area contributed by atoms with Gasteiger partial charge in [-0.1, -0.05) is 18.2 Å². The number of aliphatic hydroxyl groups is 3. The monoisotopic (exact) mass is 561 g/mol. The smallest absolute Gasteiger partial charge is 0.255 e. The van der Waals surface area contributed by atoms with Crippen LogP contribution in [0.3, 0.4) is 0 Å². The molecule has 0 spiro atoms. The number of ketones is 2. The van der Waals surface area contributed by atoms with Gasteiger partial charge < -0.3 is 36.4 Å². The minimum atomic E-state index is -2.61. The van der Waals surface area contributed by atoms with Crippen LogP contribution in [-0.4, -0.2) is 81.5 Å². The van der Waals surface area contributed by atoms with E-state index in [9.17, 15) is 39.6 Å². The maximum absolute atomic E-state index is 13.8. The Labute approximate surface area is 235 Å². The molecule has 41 heavy (non-hydrogen) atoms. The Morgan fingerprint density at radius 3 is 2.51 bits per heavy atom. The summed E-state index contributed by atoms with van der Waals surface area (Å²) in [4.78, 5) is 53.4. The van der Waals surface area contributed by atoms with Crippen molar-refractivity contribution < 1.29 is 39.6 Å². The largest absolute Gasteiger partial charge is 0.511 e. The van der Waals surface area contributed by atoms with Gasteiger partial charge in [-0.2, -0.15) is 0 Å². The summed E-state index contributed by atoms with van der Waals surface area (Å²) >= 11 is 0. The number of carbonyl (C=O) groups is 4. The number of phenolic OH excluding ortho intramolecular Hbond substituents is 1. The van der Waals surface area contributed by atoms with Gasteiger partial charge in [0.2, 0.25) is 5.78 Å². The Hall–Kier alpha value is -4.48. The fraction of sp³-hybridized carbons (Fsp3) is 0.333. The number of hydrogen-bond acceptors (Lipinski definition) is 9. The van der Waals surface area contributed by atoms with Crippen molar-refractivity contribution in [2.24, 2.45) is 17.6 Å². The molecule has 0 aliphatic heterocycles. The number of Topliss-reactive ketones (excluding diaryl/α,β-unsaturated/α-hetero) is 2. The summed E-state index contributed by atoms with van der Waals surface area (Å²) in [7, 11) is 3.80. The minimum Gasteiger partial charge on any atom is -0.511 e. The molecule has 0 radical (unpaired) electrons. The molecule has 3 unspecified atom stereocenters. The SMILES string of the molecule is CN(C)CCNC(=O)c1cccc(-c2ccc(O)c3c2CC2CC4CC(O)=C(C(N)=O)C(=O)C4(O)C(O)=C2C3=O)c1. The first-order chi connectivity index (χ1) is 19.4. The van der Waals surface area contributed by atoms with Crippen LogP contribution in [0.25, 0.3) is 11.1 Å². The Morgan fingerprint density at radius 1 is 1.10 bits per heavy atom. The molecule has 11 heteroatoms. The topological polar surface area (TPSA) is 190 Å². The van der Waals surface area contributed by atoms with Crippen molar-refractivity contribution in [2.75, 3.05) is 27.2 Å². The zero-order valence-corrected chi connectivity index (χ0v) is 22.6. The van der Waals surface area contributed by atoms with Gasteiger partial charge in [0.25, 0.3) is 11.8 Å². The first kappa shape index (κ1) is 28.1. The second kappa shape index (κ2) is 10.2. The summed E-state index contributed by atoms with van der Waals surface area (Å²) in [6.45, 7) is 1.13. The van der Waals surface area contributed by atoms with E-state index in [0.29, 0.717) is 35.3 Å². The van der Waals surface area contributed by atoms with E-state index < -0.39 is 52.0 Å². The number of rotatable bonds is 6. The standard InChI is InChI=1S/C30H31N3O8/c1-33(2)9-8-32-29(40)15-5-3-4-14(10-15)18-6-7-20(34)23-19(18)12-16-11-17-13-21(35)24(28(31)39)27(38)30(17,41)26(37)22(16)25(23)36/h3-7,10,16-17,34-35,37,41H,8-9,11-13H2,1-2H3,(H2,31,39)(H,32,40). The molecule has 0 saturated carbocycles. The summed E-state index contributed by atoms with van der Waals surface area (Å²) in [6.07, 6.45) is -0.100. The van der Waals surface area contributed by atoms with Crippen LogP contribution in [0.1, 0.15) is 39.1 Å². The number of nitrogens with one attached hydrogen (secondary N) is 1. The van der Waals surface area contributed by atoms with Crippen LogP contribution in [0.15, 0.2) is 59.1 Å². The molecule has 0 saturated heterocycles. The van der Waals surface area contributed by atoms with E-state index in [0.717, 1.165) is 0 Å². The minimum absolute atomic E-state index is 0.0341. The number of aromatic hydroxyl groups is 1. The number of hydrogen-bond donors (Lipinski definition) is 6. The summed E-state index contributed by atoms with van der Waals surface area (Å²) in [6, 6.07) is 9.86. The van der Waals surface area contributed by atoms with E-state index in [1.807, 2.05) is 19.0 Å². The van der Waals surface area contributed by atoms with Crippen LogP contribution in [0.2, 0.25) is 0 Å². The second-order valence-electron chi connectivity index (χ2n) is 11.0. The molecule has 7 N–H and O–H groups in total. The highest BCUT2D eigenvalue weighted by atomic mass is 16.3. The van der Waals surface area contributed by atoms with Crippen molar-refractivity contribution in [3.05, 3.63) is 75.8 Å². The van der Waals surface area contributed by atoms with Crippen molar-refractivity contribution >= 4 is 23.4 Å². The first-order valence-corrected chi connectivity index (χ1v) is 13.2. The number of nitrogens with two attached hydrogens (primary N) is 1. The molecule has 0 bridgehead atoms. The third kappa shape index (κ3) is 4.47. The van der Waals surface area contributed by atoms with Crippen LogP contribution >= 0.6 is 0 Å². The van der Waals surface area contributed by atoms with Crippen LogP contribution in [0.5, 0.6) is 5.75 Å².